The van der Waals surface area contributed by atoms with Crippen LogP contribution in [0, 0.1) is 0 Å². The molecule has 8 heteroatoms. The molecule has 0 atom stereocenters. The van der Waals surface area contributed by atoms with E-state index in [0.717, 1.165) is 17.0 Å². The third-order valence-corrected chi connectivity index (χ3v) is 5.40. The van der Waals surface area contributed by atoms with Gasteiger partial charge in [-0.25, -0.2) is 5.43 Å². The van der Waals surface area contributed by atoms with Crippen molar-refractivity contribution in [1.29, 1.82) is 0 Å². The van der Waals surface area contributed by atoms with Crippen molar-refractivity contribution >= 4 is 57.8 Å². The molecule has 2 aromatic rings. The van der Waals surface area contributed by atoms with E-state index < -0.39 is 5.91 Å². The number of hydrazone groups is 1. The highest BCUT2D eigenvalue weighted by atomic mass is 35.5. The molecule has 0 aliphatic heterocycles. The molecule has 1 aromatic heterocycles. The van der Waals surface area contributed by atoms with Crippen molar-refractivity contribution in [3.8, 4) is 5.75 Å². The van der Waals surface area contributed by atoms with Crippen LogP contribution in [-0.2, 0) is 11.2 Å². The summed E-state index contributed by atoms with van der Waals surface area (Å²) in [4.78, 5) is 14.1. The van der Waals surface area contributed by atoms with E-state index in [1.54, 1.807) is 11.3 Å². The Hall–Kier alpha value is -1.27. The summed E-state index contributed by atoms with van der Waals surface area (Å²) < 4.78 is 5.34. The zero-order valence-electron chi connectivity index (χ0n) is 13.0. The minimum absolute atomic E-state index is 0.237. The van der Waals surface area contributed by atoms with Gasteiger partial charge in [0.15, 0.2) is 6.61 Å². The predicted molar refractivity (Wildman–Crippen MR) is 101 cm³/mol. The van der Waals surface area contributed by atoms with E-state index in [0.29, 0.717) is 10.0 Å². The maximum absolute atomic E-state index is 11.8. The van der Waals surface area contributed by atoms with Crippen LogP contribution < -0.4 is 10.2 Å². The fourth-order valence-electron chi connectivity index (χ4n) is 1.75. The summed E-state index contributed by atoms with van der Waals surface area (Å²) in [6.45, 7) is 3.69. The molecule has 128 valence electrons. The van der Waals surface area contributed by atoms with Crippen LogP contribution in [0.15, 0.2) is 29.4 Å². The molecule has 0 fully saturated rings. The number of aryl methyl sites for hydroxylation is 1. The Balaban J connectivity index is 1.91. The van der Waals surface area contributed by atoms with E-state index >= 15 is 0 Å². The van der Waals surface area contributed by atoms with E-state index in [9.17, 15) is 4.79 Å². The van der Waals surface area contributed by atoms with Gasteiger partial charge in [0, 0.05) is 10.9 Å². The van der Waals surface area contributed by atoms with Crippen molar-refractivity contribution in [1.82, 2.24) is 5.43 Å². The lowest BCUT2D eigenvalue weighted by atomic mass is 10.3. The first-order valence-electron chi connectivity index (χ1n) is 7.10. The molecule has 1 N–H and O–H groups in total. The maximum atomic E-state index is 11.8. The Morgan fingerprint density at radius 2 is 1.92 bits per heavy atom. The van der Waals surface area contributed by atoms with Gasteiger partial charge in [-0.3, -0.25) is 4.79 Å². The Kier molecular flexibility index (Phi) is 6.92. The summed E-state index contributed by atoms with van der Waals surface area (Å²) in [6, 6.07) is 6.96. The molecule has 0 bridgehead atoms. The molecule has 4 nitrogen and oxygen atoms in total. The predicted octanol–water partition coefficient (Wildman–Crippen LogP) is 5.19. The van der Waals surface area contributed by atoms with Crippen LogP contribution in [0.2, 0.25) is 15.1 Å². The molecular formula is C16H15Cl3N2O2S. The summed E-state index contributed by atoms with van der Waals surface area (Å²) in [5, 5.41) is 4.98. The van der Waals surface area contributed by atoms with E-state index in [4.69, 9.17) is 39.5 Å². The van der Waals surface area contributed by atoms with Crippen LogP contribution in [-0.4, -0.2) is 18.2 Å². The van der Waals surface area contributed by atoms with Crippen molar-refractivity contribution in [2.24, 2.45) is 5.10 Å². The van der Waals surface area contributed by atoms with E-state index in [2.05, 4.69) is 23.5 Å². The lowest BCUT2D eigenvalue weighted by Crippen LogP contribution is -2.25. The molecule has 0 saturated heterocycles. The molecule has 0 radical (unpaired) electrons. The van der Waals surface area contributed by atoms with Crippen LogP contribution in [0.1, 0.15) is 23.6 Å². The number of benzene rings is 1. The molecule has 0 saturated carbocycles. The normalized spacial score (nSPS) is 11.5. The Bertz CT molecular complexity index is 775. The van der Waals surface area contributed by atoms with Crippen LogP contribution >= 0.6 is 46.1 Å². The second-order valence-corrected chi connectivity index (χ2v) is 7.23. The van der Waals surface area contributed by atoms with Gasteiger partial charge in [-0.1, -0.05) is 41.7 Å². The SMILES string of the molecule is CCc1ccc(/C(C)=N/NC(=O)COc2cc(Cl)c(Cl)cc2Cl)s1. The van der Waals surface area contributed by atoms with Crippen molar-refractivity contribution in [3.63, 3.8) is 0 Å². The second-order valence-electron chi connectivity index (χ2n) is 4.84. The van der Waals surface area contributed by atoms with Crippen molar-refractivity contribution in [2.45, 2.75) is 20.3 Å². The molecular weight excluding hydrogens is 391 g/mol. The third kappa shape index (κ3) is 5.11. The van der Waals surface area contributed by atoms with E-state index in [-0.39, 0.29) is 17.4 Å². The lowest BCUT2D eigenvalue weighted by molar-refractivity contribution is -0.123. The molecule has 1 heterocycles. The largest absolute Gasteiger partial charge is 0.482 e. The summed E-state index contributed by atoms with van der Waals surface area (Å²) in [5.74, 6) is -0.114. The van der Waals surface area contributed by atoms with Crippen molar-refractivity contribution in [2.75, 3.05) is 6.61 Å². The standard InChI is InChI=1S/C16H15Cl3N2O2S/c1-3-10-4-5-15(24-10)9(2)20-21-16(22)8-23-14-7-12(18)11(17)6-13(14)19/h4-7H,3,8H2,1-2H3,(H,21,22)/b20-9+. The number of thiophene rings is 1. The van der Waals surface area contributed by atoms with E-state index in [1.807, 2.05) is 13.0 Å². The molecule has 0 aliphatic rings. The van der Waals surface area contributed by atoms with E-state index in [1.165, 1.54) is 17.0 Å². The van der Waals surface area contributed by atoms with Gasteiger partial charge in [-0.05, 0) is 31.5 Å². The number of carbonyl (C=O) groups excluding carboxylic acids is 1. The first-order valence-corrected chi connectivity index (χ1v) is 9.05. The Labute approximate surface area is 159 Å². The molecule has 0 unspecified atom stereocenters. The molecule has 0 aliphatic carbocycles. The highest BCUT2D eigenvalue weighted by Gasteiger charge is 2.10. The summed E-state index contributed by atoms with van der Waals surface area (Å²) in [7, 11) is 0. The molecule has 1 aromatic carbocycles. The van der Waals surface area contributed by atoms with Gasteiger partial charge in [0.1, 0.15) is 5.75 Å². The minimum Gasteiger partial charge on any atom is -0.482 e. The summed E-state index contributed by atoms with van der Waals surface area (Å²) in [6.07, 6.45) is 0.975. The second kappa shape index (κ2) is 8.72. The zero-order valence-corrected chi connectivity index (χ0v) is 16.1. The lowest BCUT2D eigenvalue weighted by Gasteiger charge is -2.08. The van der Waals surface area contributed by atoms with Crippen molar-refractivity contribution < 1.29 is 9.53 Å². The monoisotopic (exact) mass is 404 g/mol. The first-order chi connectivity index (χ1) is 11.4. The van der Waals surface area contributed by atoms with Gasteiger partial charge in [-0.15, -0.1) is 11.3 Å². The van der Waals surface area contributed by atoms with Crippen LogP contribution in [0.3, 0.4) is 0 Å². The smallest absolute Gasteiger partial charge is 0.277 e. The van der Waals surface area contributed by atoms with Crippen LogP contribution in [0.5, 0.6) is 5.75 Å². The van der Waals surface area contributed by atoms with Crippen molar-refractivity contribution in [3.05, 3.63) is 49.1 Å². The average Bonchev–Trinajstić information content (AvgIpc) is 3.04. The Morgan fingerprint density at radius 1 is 1.21 bits per heavy atom. The van der Waals surface area contributed by atoms with Gasteiger partial charge in [0.2, 0.25) is 0 Å². The number of nitrogens with zero attached hydrogens (tertiary/aromatic N) is 1. The van der Waals surface area contributed by atoms with Gasteiger partial charge < -0.3 is 4.74 Å². The van der Waals surface area contributed by atoms with Gasteiger partial charge in [0.05, 0.1) is 25.7 Å². The van der Waals surface area contributed by atoms with Crippen LogP contribution in [0.4, 0.5) is 0 Å². The number of hydrogen-bond donors (Lipinski definition) is 1. The third-order valence-electron chi connectivity index (χ3n) is 3.05. The number of rotatable bonds is 6. The highest BCUT2D eigenvalue weighted by Crippen LogP contribution is 2.33. The summed E-state index contributed by atoms with van der Waals surface area (Å²) >= 11 is 19.4. The number of halogens is 3. The number of ether oxygens (including phenoxy) is 1. The molecule has 24 heavy (non-hydrogen) atoms. The summed E-state index contributed by atoms with van der Waals surface area (Å²) in [5.41, 5.74) is 3.19. The van der Waals surface area contributed by atoms with Gasteiger partial charge in [0.25, 0.3) is 5.91 Å². The minimum atomic E-state index is -0.399. The first kappa shape index (κ1) is 19.1. The van der Waals surface area contributed by atoms with Crippen LogP contribution in [0.25, 0.3) is 0 Å². The number of hydrogen-bond acceptors (Lipinski definition) is 4. The number of amides is 1. The topological polar surface area (TPSA) is 50.7 Å². The quantitative estimate of drug-likeness (QED) is 0.408. The van der Waals surface area contributed by atoms with Gasteiger partial charge >= 0.3 is 0 Å². The number of nitrogens with one attached hydrogen (secondary N) is 1. The highest BCUT2D eigenvalue weighted by molar-refractivity contribution is 7.14. The molecule has 2 rings (SSSR count). The number of carbonyl (C=O) groups is 1. The molecule has 0 spiro atoms. The van der Waals surface area contributed by atoms with Gasteiger partial charge in [-0.2, -0.15) is 5.10 Å². The maximum Gasteiger partial charge on any atom is 0.277 e. The fourth-order valence-corrected chi connectivity index (χ4v) is 3.24. The average molecular weight is 406 g/mol. The fraction of sp³-hybridized carbons (Fsp3) is 0.250. The Morgan fingerprint density at radius 3 is 2.58 bits per heavy atom. The zero-order chi connectivity index (χ0) is 17.7. The molecule has 1 amide bonds.